The molecule has 37 heavy (non-hydrogen) atoms. The topological polar surface area (TPSA) is 83.3 Å². The molecule has 8 heteroatoms. The van der Waals surface area contributed by atoms with E-state index in [1.807, 2.05) is 65.0 Å². The molecule has 0 amide bonds. The highest BCUT2D eigenvalue weighted by Gasteiger charge is 2.31. The van der Waals surface area contributed by atoms with Crippen molar-refractivity contribution in [2.45, 2.75) is 83.0 Å². The van der Waals surface area contributed by atoms with Crippen molar-refractivity contribution in [2.24, 2.45) is 0 Å². The predicted octanol–water partition coefficient (Wildman–Crippen LogP) is 6.35. The van der Waals surface area contributed by atoms with Crippen LogP contribution in [0.5, 0.6) is 0 Å². The molecule has 0 radical (unpaired) electrons. The number of benzene rings is 1. The average Bonchev–Trinajstić information content (AvgIpc) is 3.14. The van der Waals surface area contributed by atoms with Crippen LogP contribution in [0.3, 0.4) is 0 Å². The minimum absolute atomic E-state index is 0.143. The number of carbonyl (C=O) groups excluding carboxylic acids is 2. The third-order valence-electron chi connectivity index (χ3n) is 5.24. The summed E-state index contributed by atoms with van der Waals surface area (Å²) in [5.74, 6) is 5.91. The van der Waals surface area contributed by atoms with Crippen LogP contribution in [0.4, 0.5) is 4.79 Å². The highest BCUT2D eigenvalue weighted by Crippen LogP contribution is 2.36. The van der Waals surface area contributed by atoms with Gasteiger partial charge in [0, 0.05) is 15.7 Å². The van der Waals surface area contributed by atoms with Crippen molar-refractivity contribution >= 4 is 34.7 Å². The number of hydrogen-bond acceptors (Lipinski definition) is 7. The zero-order valence-electron chi connectivity index (χ0n) is 23.1. The van der Waals surface area contributed by atoms with E-state index in [0.29, 0.717) is 23.5 Å². The zero-order chi connectivity index (χ0) is 27.6. The third kappa shape index (κ3) is 7.14. The van der Waals surface area contributed by atoms with Crippen molar-refractivity contribution in [1.82, 2.24) is 14.5 Å². The van der Waals surface area contributed by atoms with Crippen LogP contribution >= 0.6 is 11.8 Å². The number of rotatable bonds is 4. The molecule has 0 fully saturated rings. The van der Waals surface area contributed by atoms with E-state index in [0.717, 1.165) is 16.0 Å². The molecule has 3 rings (SSSR count). The van der Waals surface area contributed by atoms with Crippen LogP contribution in [0.25, 0.3) is 10.9 Å². The summed E-state index contributed by atoms with van der Waals surface area (Å²) in [6.07, 6.45) is 0.986. The second-order valence-corrected chi connectivity index (χ2v) is 12.9. The van der Waals surface area contributed by atoms with E-state index < -0.39 is 16.4 Å². The van der Waals surface area contributed by atoms with Gasteiger partial charge in [-0.15, -0.1) is 11.8 Å². The molecule has 0 spiro atoms. The van der Waals surface area contributed by atoms with Gasteiger partial charge < -0.3 is 9.47 Å². The van der Waals surface area contributed by atoms with Gasteiger partial charge in [0.1, 0.15) is 28.1 Å². The van der Waals surface area contributed by atoms with Crippen molar-refractivity contribution in [3.05, 3.63) is 53.7 Å². The quantitative estimate of drug-likeness (QED) is 0.225. The van der Waals surface area contributed by atoms with Crippen LogP contribution in [0, 0.1) is 11.8 Å². The molecule has 0 aliphatic heterocycles. The number of carbonyl (C=O) groups is 2. The second-order valence-electron chi connectivity index (χ2n) is 11.2. The number of ether oxygens (including phenoxy) is 2. The Morgan fingerprint density at radius 2 is 1.68 bits per heavy atom. The summed E-state index contributed by atoms with van der Waals surface area (Å²) in [7, 11) is 0. The summed E-state index contributed by atoms with van der Waals surface area (Å²) in [5, 5.41) is 0.804. The van der Waals surface area contributed by atoms with Crippen LogP contribution in [-0.2, 0) is 19.7 Å². The van der Waals surface area contributed by atoms with Gasteiger partial charge in [-0.1, -0.05) is 20.8 Å². The highest BCUT2D eigenvalue weighted by molar-refractivity contribution is 8.01. The smallest absolute Gasteiger partial charge is 0.420 e. The molecule has 0 saturated heterocycles. The Balaban J connectivity index is 2.08. The summed E-state index contributed by atoms with van der Waals surface area (Å²) in [6, 6.07) is 9.37. The molecule has 0 atom stereocenters. The van der Waals surface area contributed by atoms with Gasteiger partial charge in [-0.3, -0.25) is 4.79 Å². The van der Waals surface area contributed by atoms with Crippen LogP contribution in [0.1, 0.15) is 79.4 Å². The first-order valence-electron chi connectivity index (χ1n) is 12.2. The summed E-state index contributed by atoms with van der Waals surface area (Å²) >= 11 is 1.40. The van der Waals surface area contributed by atoms with Crippen molar-refractivity contribution < 1.29 is 19.1 Å². The molecule has 3 aromatic rings. The average molecular weight is 522 g/mol. The molecule has 0 unspecified atom stereocenters. The number of fused-ring (bicyclic) bond motifs is 1. The van der Waals surface area contributed by atoms with Gasteiger partial charge in [-0.2, -0.15) is 0 Å². The Labute approximate surface area is 223 Å². The monoisotopic (exact) mass is 521 g/mol. The van der Waals surface area contributed by atoms with Crippen LogP contribution < -0.4 is 0 Å². The maximum absolute atomic E-state index is 13.2. The molecule has 0 aliphatic carbocycles. The first-order chi connectivity index (χ1) is 17.1. The zero-order valence-corrected chi connectivity index (χ0v) is 23.9. The third-order valence-corrected chi connectivity index (χ3v) is 6.41. The van der Waals surface area contributed by atoms with Crippen LogP contribution in [-0.4, -0.2) is 43.6 Å². The summed E-state index contributed by atoms with van der Waals surface area (Å²) in [4.78, 5) is 35.1. The Morgan fingerprint density at radius 3 is 2.30 bits per heavy atom. The molecule has 0 saturated carbocycles. The van der Waals surface area contributed by atoms with E-state index in [2.05, 4.69) is 42.6 Å². The standard InChI is InChI=1S/C29H35N3O4S/c1-10-35-25(33)29(8,9)37-22-13-14-23-19(16-22)15-21(32(23)26(34)36-28(5,6)7)12-11-20-17-24(27(2,3)4)31-18-30-20/h13-18H,10H2,1-9H3. The molecule has 2 aromatic heterocycles. The van der Waals surface area contributed by atoms with Gasteiger partial charge in [0.25, 0.3) is 0 Å². The lowest BCUT2D eigenvalue weighted by Gasteiger charge is -2.22. The minimum atomic E-state index is -0.766. The van der Waals surface area contributed by atoms with E-state index in [1.165, 1.54) is 22.7 Å². The number of thioether (sulfide) groups is 1. The molecule has 196 valence electrons. The fourth-order valence-corrected chi connectivity index (χ4v) is 4.51. The van der Waals surface area contributed by atoms with E-state index >= 15 is 0 Å². The van der Waals surface area contributed by atoms with E-state index in [4.69, 9.17) is 9.47 Å². The Morgan fingerprint density at radius 1 is 0.973 bits per heavy atom. The normalized spacial score (nSPS) is 12.1. The maximum atomic E-state index is 13.2. The van der Waals surface area contributed by atoms with Gasteiger partial charge in [0.2, 0.25) is 0 Å². The Hall–Kier alpha value is -3.31. The van der Waals surface area contributed by atoms with Crippen molar-refractivity contribution in [1.29, 1.82) is 0 Å². The second kappa shape index (κ2) is 10.6. The highest BCUT2D eigenvalue weighted by atomic mass is 32.2. The number of nitrogens with zero attached hydrogens (tertiary/aromatic N) is 3. The predicted molar refractivity (Wildman–Crippen MR) is 147 cm³/mol. The minimum Gasteiger partial charge on any atom is -0.465 e. The fourth-order valence-electron chi connectivity index (χ4n) is 3.46. The molecular formula is C29H35N3O4S. The molecule has 0 N–H and O–H groups in total. The van der Waals surface area contributed by atoms with E-state index in [-0.39, 0.29) is 11.4 Å². The number of hydrogen-bond donors (Lipinski definition) is 0. The van der Waals surface area contributed by atoms with Gasteiger partial charge in [0.05, 0.1) is 17.8 Å². The van der Waals surface area contributed by atoms with E-state index in [1.54, 1.807) is 6.92 Å². The van der Waals surface area contributed by atoms with Gasteiger partial charge >= 0.3 is 12.1 Å². The lowest BCUT2D eigenvalue weighted by Crippen LogP contribution is -2.29. The largest absolute Gasteiger partial charge is 0.465 e. The SMILES string of the molecule is CCOC(=O)C(C)(C)Sc1ccc2c(c1)cc(C#Cc1cc(C(C)(C)C)ncn1)n2C(=O)OC(C)(C)C. The van der Waals surface area contributed by atoms with E-state index in [9.17, 15) is 9.59 Å². The molecule has 1 aromatic carbocycles. The van der Waals surface area contributed by atoms with Crippen molar-refractivity contribution in [2.75, 3.05) is 6.61 Å². The summed E-state index contributed by atoms with van der Waals surface area (Å²) in [5.41, 5.74) is 1.77. The number of aromatic nitrogens is 3. The number of esters is 1. The lowest BCUT2D eigenvalue weighted by atomic mass is 9.91. The molecular weight excluding hydrogens is 486 g/mol. The van der Waals surface area contributed by atoms with Crippen molar-refractivity contribution in [3.63, 3.8) is 0 Å². The molecule has 0 aliphatic rings. The molecule has 7 nitrogen and oxygen atoms in total. The molecule has 2 heterocycles. The van der Waals surface area contributed by atoms with Crippen LogP contribution in [0.15, 0.2) is 41.6 Å². The van der Waals surface area contributed by atoms with Gasteiger partial charge in [0.15, 0.2) is 0 Å². The first kappa shape index (κ1) is 28.3. The first-order valence-corrected chi connectivity index (χ1v) is 13.0. The fraction of sp³-hybridized carbons (Fsp3) is 0.448. The van der Waals surface area contributed by atoms with Crippen LogP contribution in [0.2, 0.25) is 0 Å². The summed E-state index contributed by atoms with van der Waals surface area (Å²) < 4.78 is 11.6. The lowest BCUT2D eigenvalue weighted by molar-refractivity contribution is -0.145. The molecule has 0 bridgehead atoms. The van der Waals surface area contributed by atoms with Gasteiger partial charge in [-0.25, -0.2) is 19.3 Å². The van der Waals surface area contributed by atoms with Gasteiger partial charge in [-0.05, 0) is 83.7 Å². The van der Waals surface area contributed by atoms with Crippen molar-refractivity contribution in [3.8, 4) is 11.8 Å². The Bertz CT molecular complexity index is 1380. The summed E-state index contributed by atoms with van der Waals surface area (Å²) in [6.45, 7) is 17.5. The Kier molecular flexibility index (Phi) is 8.09. The maximum Gasteiger partial charge on any atom is 0.420 e.